The summed E-state index contributed by atoms with van der Waals surface area (Å²) in [6.07, 6.45) is 0.922. The van der Waals surface area contributed by atoms with Crippen LogP contribution >= 0.6 is 24.8 Å². The summed E-state index contributed by atoms with van der Waals surface area (Å²) in [4.78, 5) is 16.6. The molecule has 1 aliphatic heterocycles. The third kappa shape index (κ3) is 4.84. The van der Waals surface area contributed by atoms with E-state index in [4.69, 9.17) is 10.5 Å². The molecule has 0 spiro atoms. The van der Waals surface area contributed by atoms with Crippen molar-refractivity contribution in [2.45, 2.75) is 26.3 Å². The number of fused-ring (bicyclic) bond motifs is 1. The zero-order valence-electron chi connectivity index (χ0n) is 14.2. The highest BCUT2D eigenvalue weighted by Gasteiger charge is 2.18. The maximum atomic E-state index is 12.1. The second-order valence-corrected chi connectivity index (χ2v) is 5.97. The zero-order valence-corrected chi connectivity index (χ0v) is 15.8. The first-order valence-corrected chi connectivity index (χ1v) is 7.84. The van der Waals surface area contributed by atoms with Gasteiger partial charge in [0.2, 0.25) is 5.91 Å². The van der Waals surface area contributed by atoms with Crippen LogP contribution in [0.4, 0.5) is 5.82 Å². The lowest BCUT2D eigenvalue weighted by Crippen LogP contribution is -2.34. The van der Waals surface area contributed by atoms with E-state index < -0.39 is 0 Å². The summed E-state index contributed by atoms with van der Waals surface area (Å²) in [5.41, 5.74) is 8.81. The molecule has 3 N–H and O–H groups in total. The lowest BCUT2D eigenvalue weighted by Gasteiger charge is -2.15. The van der Waals surface area contributed by atoms with Crippen LogP contribution in [0.1, 0.15) is 19.4 Å². The third-order valence-electron chi connectivity index (χ3n) is 4.19. The van der Waals surface area contributed by atoms with Crippen LogP contribution < -0.4 is 15.8 Å². The predicted molar refractivity (Wildman–Crippen MR) is 105 cm³/mol. The number of carbonyl (C=O) groups is 1. The number of nitrogens with two attached hydrogens (primary N) is 1. The van der Waals surface area contributed by atoms with E-state index in [0.717, 1.165) is 30.0 Å². The topological polar surface area (TPSA) is 77.2 Å². The summed E-state index contributed by atoms with van der Waals surface area (Å²) in [6.45, 7) is 4.36. The number of anilines is 1. The van der Waals surface area contributed by atoms with Crippen LogP contribution in [0.5, 0.6) is 5.75 Å². The Labute approximate surface area is 160 Å². The average molecular weight is 384 g/mol. The van der Waals surface area contributed by atoms with Crippen LogP contribution in [-0.4, -0.2) is 23.5 Å². The molecule has 1 aromatic heterocycles. The van der Waals surface area contributed by atoms with E-state index in [1.807, 2.05) is 38.1 Å². The Balaban J connectivity index is 0.00000156. The standard InChI is InChI=1S/C18H21N3O2.2ClH/c1-11(12(2)19)18(22)21-17-5-3-4-15(20-17)13-6-7-16-14(10-13)8-9-23-16;;/h3-7,10-12H,8-9,19H2,1-2H3,(H,20,21,22);2*1H. The third-order valence-corrected chi connectivity index (χ3v) is 4.19. The van der Waals surface area contributed by atoms with E-state index in [2.05, 4.69) is 16.4 Å². The minimum atomic E-state index is -0.266. The Bertz CT molecular complexity index is 738. The Hall–Kier alpha value is -1.82. The fraction of sp³-hybridized carbons (Fsp3) is 0.333. The number of nitrogens with one attached hydrogen (secondary N) is 1. The van der Waals surface area contributed by atoms with E-state index >= 15 is 0 Å². The number of halogens is 2. The predicted octanol–water partition coefficient (Wildman–Crippen LogP) is 3.45. The van der Waals surface area contributed by atoms with Gasteiger partial charge in [-0.15, -0.1) is 24.8 Å². The highest BCUT2D eigenvalue weighted by atomic mass is 35.5. The van der Waals surface area contributed by atoms with Crippen molar-refractivity contribution in [3.8, 4) is 17.0 Å². The Morgan fingerprint density at radius 3 is 2.72 bits per heavy atom. The molecule has 0 saturated heterocycles. The van der Waals surface area contributed by atoms with Crippen LogP contribution in [0.15, 0.2) is 36.4 Å². The normalized spacial score (nSPS) is 14.2. The molecule has 5 nitrogen and oxygen atoms in total. The largest absolute Gasteiger partial charge is 0.493 e. The summed E-state index contributed by atoms with van der Waals surface area (Å²) in [5.74, 6) is 1.10. The number of carbonyl (C=O) groups excluding carboxylic acids is 1. The first-order chi connectivity index (χ1) is 11.0. The van der Waals surface area contributed by atoms with Crippen molar-refractivity contribution < 1.29 is 9.53 Å². The van der Waals surface area contributed by atoms with Gasteiger partial charge in [0, 0.05) is 18.0 Å². The van der Waals surface area contributed by atoms with Crippen molar-refractivity contribution in [2.75, 3.05) is 11.9 Å². The van der Waals surface area contributed by atoms with E-state index in [-0.39, 0.29) is 42.7 Å². The molecule has 1 amide bonds. The van der Waals surface area contributed by atoms with Crippen molar-refractivity contribution in [2.24, 2.45) is 11.7 Å². The van der Waals surface area contributed by atoms with Crippen LogP contribution in [0.25, 0.3) is 11.3 Å². The number of benzene rings is 1. The second kappa shape index (κ2) is 9.04. The SMILES string of the molecule is CC(N)C(C)C(=O)Nc1cccc(-c2ccc3c(c2)CCO3)n1.Cl.Cl. The van der Waals surface area contributed by atoms with Gasteiger partial charge in [-0.25, -0.2) is 4.98 Å². The molecule has 2 atom stereocenters. The summed E-state index contributed by atoms with van der Waals surface area (Å²) < 4.78 is 5.53. The number of hydrogen-bond donors (Lipinski definition) is 2. The van der Waals surface area contributed by atoms with Crippen molar-refractivity contribution in [3.05, 3.63) is 42.0 Å². The summed E-state index contributed by atoms with van der Waals surface area (Å²) in [5, 5.41) is 2.83. The number of amides is 1. The molecular formula is C18H23Cl2N3O2. The molecule has 0 bridgehead atoms. The molecule has 0 radical (unpaired) electrons. The molecule has 2 unspecified atom stereocenters. The van der Waals surface area contributed by atoms with Gasteiger partial charge >= 0.3 is 0 Å². The van der Waals surface area contributed by atoms with E-state index in [1.165, 1.54) is 5.56 Å². The molecular weight excluding hydrogens is 361 g/mol. The molecule has 136 valence electrons. The summed E-state index contributed by atoms with van der Waals surface area (Å²) >= 11 is 0. The first-order valence-electron chi connectivity index (χ1n) is 7.84. The van der Waals surface area contributed by atoms with Crippen molar-refractivity contribution in [1.29, 1.82) is 0 Å². The van der Waals surface area contributed by atoms with Crippen molar-refractivity contribution in [1.82, 2.24) is 4.98 Å². The van der Waals surface area contributed by atoms with Crippen molar-refractivity contribution in [3.63, 3.8) is 0 Å². The fourth-order valence-corrected chi connectivity index (χ4v) is 2.49. The molecule has 3 rings (SSSR count). The van der Waals surface area contributed by atoms with E-state index in [9.17, 15) is 4.79 Å². The molecule has 1 aliphatic rings. The molecule has 2 heterocycles. The van der Waals surface area contributed by atoms with Gasteiger partial charge in [-0.3, -0.25) is 4.79 Å². The zero-order chi connectivity index (χ0) is 16.4. The van der Waals surface area contributed by atoms with Crippen LogP contribution in [0.3, 0.4) is 0 Å². The van der Waals surface area contributed by atoms with Gasteiger partial charge in [0.05, 0.1) is 18.2 Å². The Morgan fingerprint density at radius 2 is 2.00 bits per heavy atom. The van der Waals surface area contributed by atoms with E-state index in [0.29, 0.717) is 5.82 Å². The molecule has 7 heteroatoms. The number of nitrogens with zero attached hydrogens (tertiary/aromatic N) is 1. The number of rotatable bonds is 4. The lowest BCUT2D eigenvalue weighted by molar-refractivity contribution is -0.119. The molecule has 0 fully saturated rings. The highest BCUT2D eigenvalue weighted by Crippen LogP contribution is 2.30. The molecule has 2 aromatic rings. The quantitative estimate of drug-likeness (QED) is 0.847. The Morgan fingerprint density at radius 1 is 1.24 bits per heavy atom. The first kappa shape index (κ1) is 21.2. The van der Waals surface area contributed by atoms with Crippen molar-refractivity contribution >= 4 is 36.5 Å². The van der Waals surface area contributed by atoms with Gasteiger partial charge in [-0.1, -0.05) is 13.0 Å². The Kier molecular flexibility index (Phi) is 7.67. The molecule has 0 aliphatic carbocycles. The smallest absolute Gasteiger partial charge is 0.229 e. The van der Waals surface area contributed by atoms with E-state index in [1.54, 1.807) is 6.07 Å². The minimum Gasteiger partial charge on any atom is -0.493 e. The lowest BCUT2D eigenvalue weighted by atomic mass is 10.0. The second-order valence-electron chi connectivity index (χ2n) is 5.97. The number of hydrogen-bond acceptors (Lipinski definition) is 4. The number of ether oxygens (including phenoxy) is 1. The van der Waals surface area contributed by atoms with Gasteiger partial charge in [-0.2, -0.15) is 0 Å². The summed E-state index contributed by atoms with van der Waals surface area (Å²) in [6, 6.07) is 11.5. The average Bonchev–Trinajstić information content (AvgIpc) is 3.01. The molecule has 25 heavy (non-hydrogen) atoms. The van der Waals surface area contributed by atoms with Gasteiger partial charge in [0.15, 0.2) is 0 Å². The van der Waals surface area contributed by atoms with Gasteiger partial charge in [0.25, 0.3) is 0 Å². The molecule has 1 aromatic carbocycles. The number of pyridine rings is 1. The molecule has 0 saturated carbocycles. The van der Waals surface area contributed by atoms with Crippen LogP contribution in [0.2, 0.25) is 0 Å². The van der Waals surface area contributed by atoms with Gasteiger partial charge < -0.3 is 15.8 Å². The van der Waals surface area contributed by atoms with Crippen LogP contribution in [-0.2, 0) is 11.2 Å². The van der Waals surface area contributed by atoms with Crippen LogP contribution in [0, 0.1) is 5.92 Å². The van der Waals surface area contributed by atoms with Gasteiger partial charge in [-0.05, 0) is 42.8 Å². The summed E-state index contributed by atoms with van der Waals surface area (Å²) in [7, 11) is 0. The monoisotopic (exact) mass is 383 g/mol. The maximum Gasteiger partial charge on any atom is 0.229 e. The fourth-order valence-electron chi connectivity index (χ4n) is 2.49. The minimum absolute atomic E-state index is 0. The van der Waals surface area contributed by atoms with Gasteiger partial charge in [0.1, 0.15) is 11.6 Å². The maximum absolute atomic E-state index is 12.1. The number of aromatic nitrogens is 1. The highest BCUT2D eigenvalue weighted by molar-refractivity contribution is 5.92.